The van der Waals surface area contributed by atoms with Crippen molar-refractivity contribution in [1.82, 2.24) is 0 Å². The molecule has 0 spiro atoms. The van der Waals surface area contributed by atoms with E-state index < -0.39 is 27.6 Å². The predicted octanol–water partition coefficient (Wildman–Crippen LogP) is 6.60. The van der Waals surface area contributed by atoms with E-state index >= 15 is 0 Å². The molecule has 0 radical (unpaired) electrons. The molecule has 2 aliphatic heterocycles. The van der Waals surface area contributed by atoms with Gasteiger partial charge in [0, 0.05) is 17.0 Å². The SMILES string of the molecule is O=S(=O)(Oc1ccc(Br)cc1)C1CC2OC1C(c1ccc(/C=C/c3cc(O)cc(O)c3)cc1)=C2c1ccc(O)cc1. The van der Waals surface area contributed by atoms with E-state index in [2.05, 4.69) is 15.9 Å². The summed E-state index contributed by atoms with van der Waals surface area (Å²) >= 11 is 3.35. The lowest BCUT2D eigenvalue weighted by Gasteiger charge is -2.24. The summed E-state index contributed by atoms with van der Waals surface area (Å²) in [7, 11) is -4.03. The molecule has 2 heterocycles. The zero-order valence-electron chi connectivity index (χ0n) is 21.5. The molecule has 2 aliphatic rings. The minimum absolute atomic E-state index is 0.0291. The fourth-order valence-corrected chi connectivity index (χ4v) is 7.04. The van der Waals surface area contributed by atoms with Crippen LogP contribution < -0.4 is 4.18 Å². The Bertz CT molecular complexity index is 1740. The van der Waals surface area contributed by atoms with E-state index in [-0.39, 0.29) is 29.4 Å². The fourth-order valence-electron chi connectivity index (χ4n) is 5.36. The summed E-state index contributed by atoms with van der Waals surface area (Å²) in [4.78, 5) is 0. The number of halogens is 1. The van der Waals surface area contributed by atoms with Gasteiger partial charge in [0.25, 0.3) is 0 Å². The lowest BCUT2D eigenvalue weighted by molar-refractivity contribution is 0.128. The second-order valence-corrected chi connectivity index (χ2v) is 12.6. The maximum absolute atomic E-state index is 13.4. The van der Waals surface area contributed by atoms with Crippen molar-refractivity contribution in [3.63, 3.8) is 0 Å². The molecule has 1 fully saturated rings. The van der Waals surface area contributed by atoms with Gasteiger partial charge in [0.15, 0.2) is 0 Å². The Morgan fingerprint density at radius 3 is 1.98 bits per heavy atom. The van der Waals surface area contributed by atoms with Crippen molar-refractivity contribution < 1.29 is 32.7 Å². The number of hydrogen-bond donors (Lipinski definition) is 3. The van der Waals surface area contributed by atoms with Gasteiger partial charge in [-0.05, 0) is 81.9 Å². The molecule has 41 heavy (non-hydrogen) atoms. The largest absolute Gasteiger partial charge is 0.508 e. The van der Waals surface area contributed by atoms with Gasteiger partial charge in [-0.25, -0.2) is 0 Å². The van der Waals surface area contributed by atoms with Crippen molar-refractivity contribution in [2.45, 2.75) is 23.9 Å². The Hall–Kier alpha value is -4.05. The molecule has 3 unspecified atom stereocenters. The van der Waals surface area contributed by atoms with Gasteiger partial charge in [0.05, 0.1) is 6.10 Å². The van der Waals surface area contributed by atoms with Crippen LogP contribution in [0.2, 0.25) is 0 Å². The zero-order chi connectivity index (χ0) is 28.7. The van der Waals surface area contributed by atoms with Crippen LogP contribution in [0.4, 0.5) is 0 Å². The smallest absolute Gasteiger partial charge is 0.315 e. The Balaban J connectivity index is 1.34. The number of rotatable bonds is 7. The molecule has 0 aromatic heterocycles. The fraction of sp³-hybridized carbons (Fsp3) is 0.125. The molecule has 0 saturated carbocycles. The molecule has 7 nitrogen and oxygen atoms in total. The molecule has 3 atom stereocenters. The highest BCUT2D eigenvalue weighted by Crippen LogP contribution is 2.51. The van der Waals surface area contributed by atoms with E-state index in [9.17, 15) is 23.7 Å². The van der Waals surface area contributed by atoms with E-state index in [1.54, 1.807) is 66.7 Å². The number of benzene rings is 4. The van der Waals surface area contributed by atoms with Gasteiger partial charge in [0.2, 0.25) is 0 Å². The van der Waals surface area contributed by atoms with Gasteiger partial charge in [-0.2, -0.15) is 8.42 Å². The first-order chi connectivity index (χ1) is 19.7. The van der Waals surface area contributed by atoms with Crippen LogP contribution >= 0.6 is 15.9 Å². The molecule has 2 bridgehead atoms. The molecule has 0 amide bonds. The predicted molar refractivity (Wildman–Crippen MR) is 161 cm³/mol. The summed E-state index contributed by atoms with van der Waals surface area (Å²) < 4.78 is 39.5. The second kappa shape index (κ2) is 10.7. The first-order valence-corrected chi connectivity index (χ1v) is 15.1. The Morgan fingerprint density at radius 1 is 0.732 bits per heavy atom. The third-order valence-electron chi connectivity index (χ3n) is 7.18. The molecule has 4 aromatic carbocycles. The van der Waals surface area contributed by atoms with E-state index in [1.165, 1.54) is 6.07 Å². The molecule has 0 aliphatic carbocycles. The van der Waals surface area contributed by atoms with Crippen LogP contribution in [0.15, 0.2) is 95.5 Å². The average Bonchev–Trinajstić information content (AvgIpc) is 3.54. The van der Waals surface area contributed by atoms with Gasteiger partial charge >= 0.3 is 10.1 Å². The van der Waals surface area contributed by atoms with Crippen molar-refractivity contribution in [3.8, 4) is 23.0 Å². The van der Waals surface area contributed by atoms with Crippen LogP contribution in [0.3, 0.4) is 0 Å². The molecular formula is C32H25BrO7S. The quantitative estimate of drug-likeness (QED) is 0.155. The zero-order valence-corrected chi connectivity index (χ0v) is 23.9. The van der Waals surface area contributed by atoms with Crippen LogP contribution in [0.5, 0.6) is 23.0 Å². The minimum atomic E-state index is -4.03. The number of hydrogen-bond acceptors (Lipinski definition) is 7. The summed E-state index contributed by atoms with van der Waals surface area (Å²) in [6, 6.07) is 25.4. The highest BCUT2D eigenvalue weighted by Gasteiger charge is 2.53. The summed E-state index contributed by atoms with van der Waals surface area (Å²) in [5.74, 6) is 0.313. The number of phenols is 3. The Morgan fingerprint density at radius 2 is 1.32 bits per heavy atom. The van der Waals surface area contributed by atoms with Crippen molar-refractivity contribution in [3.05, 3.63) is 118 Å². The lowest BCUT2D eigenvalue weighted by Crippen LogP contribution is -2.35. The normalized spacial score (nSPS) is 20.2. The molecule has 3 N–H and O–H groups in total. The third kappa shape index (κ3) is 5.61. The molecule has 4 aromatic rings. The number of fused-ring (bicyclic) bond motifs is 2. The Kier molecular flexibility index (Phi) is 7.11. The van der Waals surface area contributed by atoms with Crippen LogP contribution in [0.1, 0.15) is 28.7 Å². The van der Waals surface area contributed by atoms with Gasteiger partial charge in [-0.3, -0.25) is 0 Å². The van der Waals surface area contributed by atoms with Crippen LogP contribution in [-0.4, -0.2) is 41.2 Å². The molecular weight excluding hydrogens is 608 g/mol. The van der Waals surface area contributed by atoms with Crippen LogP contribution in [0, 0.1) is 0 Å². The number of phenolic OH excluding ortho intramolecular Hbond substituents is 3. The summed E-state index contributed by atoms with van der Waals surface area (Å²) in [5.41, 5.74) is 4.84. The van der Waals surface area contributed by atoms with Crippen LogP contribution in [0.25, 0.3) is 23.3 Å². The first-order valence-electron chi connectivity index (χ1n) is 12.9. The highest BCUT2D eigenvalue weighted by molar-refractivity contribution is 9.10. The molecule has 208 valence electrons. The first kappa shape index (κ1) is 27.1. The lowest BCUT2D eigenvalue weighted by atomic mass is 9.83. The number of aromatic hydroxyl groups is 3. The van der Waals surface area contributed by atoms with Gasteiger partial charge in [0.1, 0.15) is 34.4 Å². The second-order valence-electron chi connectivity index (χ2n) is 9.96. The van der Waals surface area contributed by atoms with E-state index in [1.807, 2.05) is 30.3 Å². The molecule has 6 rings (SSSR count). The maximum atomic E-state index is 13.4. The standard InChI is InChI=1S/C32H25BrO7S/c33-23-9-13-27(14-10-23)40-41(37,38)29-18-28-30(21-7-11-24(34)12-8-21)31(32(29)39-28)22-5-3-19(4-6-22)1-2-20-15-25(35)17-26(36)16-20/h1-17,28-29,32,34-36H,18H2/b2-1+. The van der Waals surface area contributed by atoms with Crippen molar-refractivity contribution in [2.75, 3.05) is 0 Å². The average molecular weight is 634 g/mol. The Labute approximate surface area is 245 Å². The van der Waals surface area contributed by atoms with Crippen LogP contribution in [-0.2, 0) is 14.9 Å². The number of ether oxygens (including phenoxy) is 1. The molecule has 1 saturated heterocycles. The third-order valence-corrected chi connectivity index (χ3v) is 9.32. The van der Waals surface area contributed by atoms with Gasteiger partial charge in [-0.1, -0.05) is 64.5 Å². The summed E-state index contributed by atoms with van der Waals surface area (Å²) in [6.45, 7) is 0. The van der Waals surface area contributed by atoms with E-state index in [4.69, 9.17) is 8.92 Å². The monoisotopic (exact) mass is 632 g/mol. The minimum Gasteiger partial charge on any atom is -0.508 e. The maximum Gasteiger partial charge on any atom is 0.315 e. The van der Waals surface area contributed by atoms with Gasteiger partial charge in [-0.15, -0.1) is 0 Å². The van der Waals surface area contributed by atoms with E-state index in [0.29, 0.717) is 5.56 Å². The van der Waals surface area contributed by atoms with E-state index in [0.717, 1.165) is 32.3 Å². The summed E-state index contributed by atoms with van der Waals surface area (Å²) in [6.07, 6.45) is 2.69. The van der Waals surface area contributed by atoms with Crippen molar-refractivity contribution in [1.29, 1.82) is 0 Å². The van der Waals surface area contributed by atoms with Crippen molar-refractivity contribution in [2.24, 2.45) is 0 Å². The highest BCUT2D eigenvalue weighted by atomic mass is 79.9. The topological polar surface area (TPSA) is 113 Å². The van der Waals surface area contributed by atoms with Gasteiger partial charge < -0.3 is 24.2 Å². The van der Waals surface area contributed by atoms with Crippen molar-refractivity contribution >= 4 is 49.3 Å². The molecule has 9 heteroatoms. The summed E-state index contributed by atoms with van der Waals surface area (Å²) in [5, 5.41) is 28.4.